The molecule has 10 heteroatoms. The maximum atomic E-state index is 13.5. The summed E-state index contributed by atoms with van der Waals surface area (Å²) in [6.07, 6.45) is 5.64. The van der Waals surface area contributed by atoms with Crippen LogP contribution in [0.15, 0.2) is 36.7 Å². The van der Waals surface area contributed by atoms with Gasteiger partial charge >= 0.3 is 0 Å². The number of thiocarbonyl (C=S) groups is 1. The molecule has 1 aromatic carbocycles. The molecule has 2 fully saturated rings. The Morgan fingerprint density at radius 1 is 1.29 bits per heavy atom. The molecule has 156 valence electrons. The van der Waals surface area contributed by atoms with E-state index < -0.39 is 5.54 Å². The van der Waals surface area contributed by atoms with Crippen molar-refractivity contribution in [2.24, 2.45) is 0 Å². The van der Waals surface area contributed by atoms with Gasteiger partial charge in [-0.15, -0.1) is 0 Å². The maximum Gasteiger partial charge on any atom is 0.259 e. The second-order valence-electron chi connectivity index (χ2n) is 7.64. The molecule has 2 aromatic heterocycles. The Bertz CT molecular complexity index is 1280. The number of anilines is 2. The van der Waals surface area contributed by atoms with E-state index in [0.29, 0.717) is 30.2 Å². The lowest BCUT2D eigenvalue weighted by atomic mass is 9.75. The van der Waals surface area contributed by atoms with Crippen molar-refractivity contribution in [3.05, 3.63) is 47.4 Å². The molecule has 1 spiro atoms. The van der Waals surface area contributed by atoms with E-state index in [1.807, 2.05) is 35.4 Å². The van der Waals surface area contributed by atoms with Crippen LogP contribution < -0.4 is 9.80 Å². The highest BCUT2D eigenvalue weighted by Gasteiger charge is 2.59. The molecule has 0 unspecified atom stereocenters. The molecule has 1 amide bonds. The standard InChI is InChI=1S/C21H17ClN6O2S/c22-16-9-15(11-24-18(16)10-23)27-19(30)21(4-1-5-21)28(20(27)31)14-2-3-17-13(8-14)12-26(25-17)6-7-29/h2-3,8-9,11-12,29H,1,4-7H2. The van der Waals surface area contributed by atoms with Crippen molar-refractivity contribution in [2.75, 3.05) is 16.4 Å². The summed E-state index contributed by atoms with van der Waals surface area (Å²) in [7, 11) is 0. The van der Waals surface area contributed by atoms with Gasteiger partial charge in [0.25, 0.3) is 5.91 Å². The SMILES string of the molecule is N#Cc1ncc(N2C(=O)C3(CCC3)N(c3ccc4nn(CCO)cc4c3)C2=S)cc1Cl. The van der Waals surface area contributed by atoms with Gasteiger partial charge in [-0.2, -0.15) is 10.4 Å². The number of aliphatic hydroxyl groups excluding tert-OH is 1. The Hall–Kier alpha value is -3.06. The smallest absolute Gasteiger partial charge is 0.259 e. The van der Waals surface area contributed by atoms with Crippen LogP contribution in [0.25, 0.3) is 10.9 Å². The number of hydrogen-bond donors (Lipinski definition) is 1. The normalized spacial score (nSPS) is 17.5. The zero-order valence-electron chi connectivity index (χ0n) is 16.3. The van der Waals surface area contributed by atoms with Crippen LogP contribution in [-0.2, 0) is 11.3 Å². The monoisotopic (exact) mass is 452 g/mol. The first-order valence-corrected chi connectivity index (χ1v) is 10.6. The molecule has 3 aromatic rings. The first kappa shape index (κ1) is 19.9. The summed E-state index contributed by atoms with van der Waals surface area (Å²) >= 11 is 11.9. The topological polar surface area (TPSA) is 98.3 Å². The van der Waals surface area contributed by atoms with Crippen molar-refractivity contribution in [1.82, 2.24) is 14.8 Å². The van der Waals surface area contributed by atoms with Crippen molar-refractivity contribution in [2.45, 2.75) is 31.3 Å². The Balaban J connectivity index is 1.58. The maximum absolute atomic E-state index is 13.5. The van der Waals surface area contributed by atoms with Crippen LogP contribution >= 0.6 is 23.8 Å². The molecule has 5 rings (SSSR count). The number of nitrogens with zero attached hydrogens (tertiary/aromatic N) is 6. The lowest BCUT2D eigenvalue weighted by Gasteiger charge is -2.43. The molecule has 2 aliphatic rings. The zero-order valence-corrected chi connectivity index (χ0v) is 17.9. The van der Waals surface area contributed by atoms with E-state index in [1.54, 1.807) is 10.7 Å². The van der Waals surface area contributed by atoms with E-state index >= 15 is 0 Å². The second kappa shape index (κ2) is 7.27. The fraction of sp³-hybridized carbons (Fsp3) is 0.286. The van der Waals surface area contributed by atoms with Gasteiger partial charge in [-0.1, -0.05) is 11.6 Å². The zero-order chi connectivity index (χ0) is 21.8. The van der Waals surface area contributed by atoms with Gasteiger partial charge in [-0.05, 0) is 55.7 Å². The van der Waals surface area contributed by atoms with Gasteiger partial charge in [0.2, 0.25) is 0 Å². The van der Waals surface area contributed by atoms with Crippen molar-refractivity contribution < 1.29 is 9.90 Å². The number of pyridine rings is 1. The third kappa shape index (κ3) is 2.91. The molecule has 1 aliphatic carbocycles. The van der Waals surface area contributed by atoms with Gasteiger partial charge in [0.1, 0.15) is 11.6 Å². The van der Waals surface area contributed by atoms with Crippen molar-refractivity contribution in [3.63, 3.8) is 0 Å². The minimum Gasteiger partial charge on any atom is -0.394 e. The number of nitriles is 1. The number of aliphatic hydroxyl groups is 1. The Morgan fingerprint density at radius 3 is 2.74 bits per heavy atom. The number of hydrogen-bond acceptors (Lipinski definition) is 6. The van der Waals surface area contributed by atoms with E-state index in [-0.39, 0.29) is 23.2 Å². The summed E-state index contributed by atoms with van der Waals surface area (Å²) < 4.78 is 1.69. The Labute approximate surface area is 188 Å². The summed E-state index contributed by atoms with van der Waals surface area (Å²) in [4.78, 5) is 21.0. The van der Waals surface area contributed by atoms with Gasteiger partial charge in [-0.25, -0.2) is 4.98 Å². The van der Waals surface area contributed by atoms with Crippen LogP contribution in [0.5, 0.6) is 0 Å². The molecule has 3 heterocycles. The molecule has 1 N–H and O–H groups in total. The molecule has 1 saturated heterocycles. The summed E-state index contributed by atoms with van der Waals surface area (Å²) in [5.41, 5.74) is 1.43. The third-order valence-electron chi connectivity index (χ3n) is 5.91. The minimum atomic E-state index is -0.730. The molecule has 0 radical (unpaired) electrons. The van der Waals surface area contributed by atoms with Gasteiger partial charge < -0.3 is 10.0 Å². The fourth-order valence-corrected chi connectivity index (χ4v) is 4.93. The number of fused-ring (bicyclic) bond motifs is 1. The number of rotatable bonds is 4. The lowest BCUT2D eigenvalue weighted by molar-refractivity contribution is -0.123. The van der Waals surface area contributed by atoms with Crippen molar-refractivity contribution >= 4 is 57.1 Å². The number of benzene rings is 1. The molecule has 31 heavy (non-hydrogen) atoms. The lowest BCUT2D eigenvalue weighted by Crippen LogP contribution is -2.55. The van der Waals surface area contributed by atoms with E-state index in [2.05, 4.69) is 10.1 Å². The Morgan fingerprint density at radius 2 is 2.10 bits per heavy atom. The predicted octanol–water partition coefficient (Wildman–Crippen LogP) is 3.01. The molecule has 1 aliphatic heterocycles. The fourth-order valence-electron chi connectivity index (χ4n) is 4.26. The summed E-state index contributed by atoms with van der Waals surface area (Å²) in [6.45, 7) is 0.416. The average molecular weight is 453 g/mol. The quantitative estimate of drug-likeness (QED) is 0.607. The van der Waals surface area contributed by atoms with Gasteiger partial charge in [0.05, 0.1) is 35.6 Å². The van der Waals surface area contributed by atoms with Crippen molar-refractivity contribution in [3.8, 4) is 6.07 Å². The van der Waals surface area contributed by atoms with E-state index in [9.17, 15) is 9.90 Å². The van der Waals surface area contributed by atoms with Crippen LogP contribution in [0.1, 0.15) is 25.0 Å². The summed E-state index contributed by atoms with van der Waals surface area (Å²) in [5.74, 6) is -0.109. The first-order chi connectivity index (χ1) is 15.0. The molecule has 0 atom stereocenters. The highest BCUT2D eigenvalue weighted by Crippen LogP contribution is 2.48. The van der Waals surface area contributed by atoms with Crippen LogP contribution in [0.2, 0.25) is 5.02 Å². The third-order valence-corrected chi connectivity index (χ3v) is 6.56. The Kier molecular flexibility index (Phi) is 4.66. The summed E-state index contributed by atoms with van der Waals surface area (Å²) in [5, 5.41) is 24.1. The first-order valence-electron chi connectivity index (χ1n) is 9.81. The minimum absolute atomic E-state index is 0.00478. The van der Waals surface area contributed by atoms with Gasteiger partial charge in [0, 0.05) is 17.3 Å². The van der Waals surface area contributed by atoms with Crippen LogP contribution in [0, 0.1) is 11.3 Å². The van der Waals surface area contributed by atoms with E-state index in [4.69, 9.17) is 29.1 Å². The number of halogens is 1. The number of aromatic nitrogens is 3. The van der Waals surface area contributed by atoms with Gasteiger partial charge in [0.15, 0.2) is 10.8 Å². The van der Waals surface area contributed by atoms with Crippen LogP contribution in [0.3, 0.4) is 0 Å². The molecule has 8 nitrogen and oxygen atoms in total. The number of carbonyl (C=O) groups is 1. The molecule has 0 bridgehead atoms. The second-order valence-corrected chi connectivity index (χ2v) is 8.41. The predicted molar refractivity (Wildman–Crippen MR) is 120 cm³/mol. The van der Waals surface area contributed by atoms with E-state index in [1.165, 1.54) is 11.1 Å². The number of amides is 1. The highest BCUT2D eigenvalue weighted by atomic mass is 35.5. The van der Waals surface area contributed by atoms with Gasteiger partial charge in [-0.3, -0.25) is 14.4 Å². The molecule has 1 saturated carbocycles. The van der Waals surface area contributed by atoms with Crippen LogP contribution in [-0.4, -0.2) is 43.0 Å². The summed E-state index contributed by atoms with van der Waals surface area (Å²) in [6, 6.07) is 9.23. The molecular weight excluding hydrogens is 436 g/mol. The average Bonchev–Trinajstić information content (AvgIpc) is 3.22. The van der Waals surface area contributed by atoms with Crippen molar-refractivity contribution in [1.29, 1.82) is 5.26 Å². The highest BCUT2D eigenvalue weighted by molar-refractivity contribution is 7.81. The number of carbonyl (C=O) groups excluding carboxylic acids is 1. The van der Waals surface area contributed by atoms with E-state index in [0.717, 1.165) is 23.0 Å². The largest absolute Gasteiger partial charge is 0.394 e. The van der Waals surface area contributed by atoms with Crippen LogP contribution in [0.4, 0.5) is 11.4 Å². The molecular formula is C21H17ClN6O2S.